The molecule has 0 aliphatic carbocycles. The quantitative estimate of drug-likeness (QED) is 0.652. The standard InChI is InChI=1S/C15H15N3O5S/c1-10-7-13(18(20)21)8-16-14(10)17-15(19)12-5-3-11(4-6-12)9-24(2,22)23/h3-8H,9H2,1-2H3,(H,16,17,19). The normalized spacial score (nSPS) is 11.1. The molecule has 1 N–H and O–H groups in total. The third-order valence-electron chi connectivity index (χ3n) is 3.15. The number of benzene rings is 1. The first-order valence-electron chi connectivity index (χ1n) is 6.85. The highest BCUT2D eigenvalue weighted by Gasteiger charge is 2.13. The van der Waals surface area contributed by atoms with Crippen LogP contribution in [-0.2, 0) is 15.6 Å². The predicted molar refractivity (Wildman–Crippen MR) is 88.6 cm³/mol. The fourth-order valence-corrected chi connectivity index (χ4v) is 2.82. The van der Waals surface area contributed by atoms with Crippen molar-refractivity contribution in [2.75, 3.05) is 11.6 Å². The first-order chi connectivity index (χ1) is 11.2. The summed E-state index contributed by atoms with van der Waals surface area (Å²) >= 11 is 0. The summed E-state index contributed by atoms with van der Waals surface area (Å²) in [6, 6.07) is 7.46. The third kappa shape index (κ3) is 4.59. The Kier molecular flexibility index (Phi) is 4.93. The Hall–Kier alpha value is -2.81. The fourth-order valence-electron chi connectivity index (χ4n) is 2.03. The van der Waals surface area contributed by atoms with Gasteiger partial charge in [-0.1, -0.05) is 12.1 Å². The van der Waals surface area contributed by atoms with Gasteiger partial charge in [0.25, 0.3) is 11.6 Å². The second-order valence-corrected chi connectivity index (χ2v) is 7.48. The van der Waals surface area contributed by atoms with Crippen molar-refractivity contribution in [2.45, 2.75) is 12.7 Å². The predicted octanol–water partition coefficient (Wildman–Crippen LogP) is 2.10. The first kappa shape index (κ1) is 17.5. The number of aromatic nitrogens is 1. The van der Waals surface area contributed by atoms with Gasteiger partial charge in [-0.25, -0.2) is 13.4 Å². The second-order valence-electron chi connectivity index (χ2n) is 5.34. The molecule has 24 heavy (non-hydrogen) atoms. The van der Waals surface area contributed by atoms with Crippen molar-refractivity contribution >= 4 is 27.2 Å². The molecule has 0 aliphatic rings. The Morgan fingerprint density at radius 1 is 1.29 bits per heavy atom. The van der Waals surface area contributed by atoms with Crippen LogP contribution in [-0.4, -0.2) is 30.5 Å². The highest BCUT2D eigenvalue weighted by molar-refractivity contribution is 7.89. The summed E-state index contributed by atoms with van der Waals surface area (Å²) in [5.74, 6) is -0.311. The molecule has 1 aromatic heterocycles. The molecule has 0 bridgehead atoms. The maximum Gasteiger partial charge on any atom is 0.287 e. The molecule has 1 aromatic carbocycles. The number of carbonyl (C=O) groups is 1. The average Bonchev–Trinajstić information content (AvgIpc) is 2.48. The van der Waals surface area contributed by atoms with Crippen molar-refractivity contribution in [1.82, 2.24) is 4.98 Å². The second kappa shape index (κ2) is 6.75. The lowest BCUT2D eigenvalue weighted by Crippen LogP contribution is -2.14. The number of anilines is 1. The summed E-state index contributed by atoms with van der Waals surface area (Å²) < 4.78 is 22.5. The maximum atomic E-state index is 12.2. The van der Waals surface area contributed by atoms with E-state index in [1.807, 2.05) is 0 Å². The molecule has 0 saturated heterocycles. The van der Waals surface area contributed by atoms with Gasteiger partial charge in [-0.05, 0) is 30.2 Å². The van der Waals surface area contributed by atoms with E-state index in [9.17, 15) is 23.3 Å². The summed E-state index contributed by atoms with van der Waals surface area (Å²) in [4.78, 5) is 26.2. The van der Waals surface area contributed by atoms with Gasteiger partial charge in [0, 0.05) is 17.9 Å². The molecular weight excluding hydrogens is 334 g/mol. The number of sulfone groups is 1. The Labute approximate surface area is 138 Å². The van der Waals surface area contributed by atoms with Crippen molar-refractivity contribution in [1.29, 1.82) is 0 Å². The van der Waals surface area contributed by atoms with Gasteiger partial charge in [0.05, 0.1) is 10.7 Å². The molecule has 0 atom stereocenters. The van der Waals surface area contributed by atoms with Crippen molar-refractivity contribution < 1.29 is 18.1 Å². The monoisotopic (exact) mass is 349 g/mol. The zero-order valence-electron chi connectivity index (χ0n) is 13.0. The minimum atomic E-state index is -3.14. The highest BCUT2D eigenvalue weighted by Crippen LogP contribution is 2.18. The van der Waals surface area contributed by atoms with Crippen LogP contribution in [0, 0.1) is 17.0 Å². The summed E-state index contributed by atoms with van der Waals surface area (Å²) in [6.07, 6.45) is 2.20. The Bertz CT molecular complexity index is 892. The van der Waals surface area contributed by atoms with Crippen LogP contribution in [0.4, 0.5) is 11.5 Å². The Morgan fingerprint density at radius 3 is 2.42 bits per heavy atom. The number of rotatable bonds is 5. The van der Waals surface area contributed by atoms with Crippen LogP contribution in [0.1, 0.15) is 21.5 Å². The van der Waals surface area contributed by atoms with Gasteiger partial charge < -0.3 is 5.32 Å². The van der Waals surface area contributed by atoms with Gasteiger partial charge in [-0.3, -0.25) is 14.9 Å². The van der Waals surface area contributed by atoms with Crippen molar-refractivity contribution in [3.05, 3.63) is 63.3 Å². The molecule has 2 aromatic rings. The molecule has 0 fully saturated rings. The number of carbonyl (C=O) groups excluding carboxylic acids is 1. The van der Waals surface area contributed by atoms with Crippen molar-refractivity contribution in [2.24, 2.45) is 0 Å². The zero-order chi connectivity index (χ0) is 17.9. The van der Waals surface area contributed by atoms with E-state index < -0.39 is 20.7 Å². The van der Waals surface area contributed by atoms with E-state index in [1.54, 1.807) is 19.1 Å². The first-order valence-corrected chi connectivity index (χ1v) is 8.91. The number of hydrogen-bond donors (Lipinski definition) is 1. The summed E-state index contributed by atoms with van der Waals surface area (Å²) in [7, 11) is -3.14. The van der Waals surface area contributed by atoms with Crippen LogP contribution >= 0.6 is 0 Å². The molecule has 1 heterocycles. The van der Waals surface area contributed by atoms with Crippen LogP contribution in [0.15, 0.2) is 36.5 Å². The van der Waals surface area contributed by atoms with Gasteiger partial charge in [0.2, 0.25) is 0 Å². The topological polar surface area (TPSA) is 119 Å². The number of nitrogens with zero attached hydrogens (tertiary/aromatic N) is 2. The molecule has 8 nitrogen and oxygen atoms in total. The molecule has 9 heteroatoms. The van der Waals surface area contributed by atoms with E-state index in [0.717, 1.165) is 12.5 Å². The highest BCUT2D eigenvalue weighted by atomic mass is 32.2. The van der Waals surface area contributed by atoms with E-state index in [2.05, 4.69) is 10.3 Å². The van der Waals surface area contributed by atoms with E-state index in [4.69, 9.17) is 0 Å². The number of nitro groups is 1. The van der Waals surface area contributed by atoms with Crippen LogP contribution in [0.2, 0.25) is 0 Å². The zero-order valence-corrected chi connectivity index (χ0v) is 13.8. The number of aryl methyl sites for hydroxylation is 1. The van der Waals surface area contributed by atoms with Gasteiger partial charge in [-0.15, -0.1) is 0 Å². The number of nitrogens with one attached hydrogen (secondary N) is 1. The van der Waals surface area contributed by atoms with E-state index >= 15 is 0 Å². The van der Waals surface area contributed by atoms with Gasteiger partial charge >= 0.3 is 0 Å². The summed E-state index contributed by atoms with van der Waals surface area (Å²) in [5, 5.41) is 13.2. The SMILES string of the molecule is Cc1cc([N+](=O)[O-])cnc1NC(=O)c1ccc(CS(C)(=O)=O)cc1. The largest absolute Gasteiger partial charge is 0.306 e. The van der Waals surface area contributed by atoms with E-state index in [-0.39, 0.29) is 17.3 Å². The lowest BCUT2D eigenvalue weighted by Gasteiger charge is -2.07. The summed E-state index contributed by atoms with van der Waals surface area (Å²) in [6.45, 7) is 1.60. The van der Waals surface area contributed by atoms with Crippen molar-refractivity contribution in [3.63, 3.8) is 0 Å². The molecule has 0 radical (unpaired) electrons. The molecule has 0 spiro atoms. The van der Waals surface area contributed by atoms with Crippen LogP contribution in [0.25, 0.3) is 0 Å². The maximum absolute atomic E-state index is 12.2. The molecule has 0 unspecified atom stereocenters. The van der Waals surface area contributed by atoms with Gasteiger partial charge in [0.1, 0.15) is 12.0 Å². The number of pyridine rings is 1. The molecule has 0 saturated carbocycles. The fraction of sp³-hybridized carbons (Fsp3) is 0.200. The Morgan fingerprint density at radius 2 is 1.92 bits per heavy atom. The molecule has 1 amide bonds. The molecule has 0 aliphatic heterocycles. The number of hydrogen-bond acceptors (Lipinski definition) is 6. The smallest absolute Gasteiger partial charge is 0.287 e. The van der Waals surface area contributed by atoms with E-state index in [0.29, 0.717) is 16.7 Å². The van der Waals surface area contributed by atoms with Gasteiger partial charge in [0.15, 0.2) is 9.84 Å². The lowest BCUT2D eigenvalue weighted by atomic mass is 10.1. The van der Waals surface area contributed by atoms with Gasteiger partial charge in [-0.2, -0.15) is 0 Å². The Balaban J connectivity index is 2.14. The van der Waals surface area contributed by atoms with Crippen LogP contribution in [0.3, 0.4) is 0 Å². The van der Waals surface area contributed by atoms with Crippen LogP contribution < -0.4 is 5.32 Å². The summed E-state index contributed by atoms with van der Waals surface area (Å²) in [5.41, 5.74) is 1.22. The molecule has 126 valence electrons. The minimum absolute atomic E-state index is 0.0993. The van der Waals surface area contributed by atoms with E-state index in [1.165, 1.54) is 18.2 Å². The molecule has 2 rings (SSSR count). The third-order valence-corrected chi connectivity index (χ3v) is 4.01. The minimum Gasteiger partial charge on any atom is -0.306 e. The number of amides is 1. The van der Waals surface area contributed by atoms with Crippen molar-refractivity contribution in [3.8, 4) is 0 Å². The average molecular weight is 349 g/mol. The lowest BCUT2D eigenvalue weighted by molar-refractivity contribution is -0.385. The molecular formula is C15H15N3O5S. The van der Waals surface area contributed by atoms with Crippen LogP contribution in [0.5, 0.6) is 0 Å².